The minimum atomic E-state index is -1.60. The number of benzene rings is 3. The molecule has 0 saturated heterocycles. The molecule has 9 heteroatoms. The van der Waals surface area contributed by atoms with E-state index in [4.69, 9.17) is 13.9 Å². The van der Waals surface area contributed by atoms with Gasteiger partial charge in [-0.25, -0.2) is 17.7 Å². The van der Waals surface area contributed by atoms with Gasteiger partial charge >= 0.3 is 5.97 Å². The van der Waals surface area contributed by atoms with Crippen molar-refractivity contribution in [1.29, 1.82) is 0 Å². The molecule has 1 N–H and O–H groups in total. The molecule has 3 aromatic carbocycles. The lowest BCUT2D eigenvalue weighted by Crippen LogP contribution is -2.36. The second kappa shape index (κ2) is 12.7. The highest BCUT2D eigenvalue weighted by atomic mass is 32.2. The van der Waals surface area contributed by atoms with Crippen molar-refractivity contribution in [3.63, 3.8) is 0 Å². The number of furan rings is 1. The molecule has 0 fully saturated rings. The first-order chi connectivity index (χ1) is 19.1. The van der Waals surface area contributed by atoms with Gasteiger partial charge in [0.1, 0.15) is 30.4 Å². The number of ether oxygens (including phenoxy) is 2. The summed E-state index contributed by atoms with van der Waals surface area (Å²) in [5.41, 5.74) is 2.70. The van der Waals surface area contributed by atoms with Crippen LogP contribution >= 0.6 is 0 Å². The second-order valence-corrected chi connectivity index (χ2v) is 12.3. The summed E-state index contributed by atoms with van der Waals surface area (Å²) in [6.07, 6.45) is 1.60. The quantitative estimate of drug-likeness (QED) is 0.197. The third-order valence-corrected chi connectivity index (χ3v) is 7.88. The van der Waals surface area contributed by atoms with Crippen LogP contribution in [0.4, 0.5) is 8.78 Å². The molecule has 0 saturated carbocycles. The van der Waals surface area contributed by atoms with Gasteiger partial charge in [0.05, 0.1) is 41.1 Å². The molecule has 0 amide bonds. The topological polar surface area (TPSA) is 77.8 Å². The first kappa shape index (κ1) is 29.4. The predicted octanol–water partition coefficient (Wildman–Crippen LogP) is 6.99. The van der Waals surface area contributed by atoms with Crippen LogP contribution in [-0.2, 0) is 33.5 Å². The van der Waals surface area contributed by atoms with Crippen LogP contribution in [0, 0.1) is 5.82 Å². The molecule has 6 nitrogen and oxygen atoms in total. The SMILES string of the molecule is CCOC(=O)Cc1ccccc1OCc1cc(-c2cccc(C(CF)N[S@@](=O)C(C)(C)C)c2F)c2occc2c1. The monoisotopic (exact) mass is 569 g/mol. The summed E-state index contributed by atoms with van der Waals surface area (Å²) in [6, 6.07) is 16.3. The van der Waals surface area contributed by atoms with Gasteiger partial charge in [-0.05, 0) is 57.5 Å². The van der Waals surface area contributed by atoms with E-state index in [0.29, 0.717) is 29.1 Å². The number of carbonyl (C=O) groups excluding carboxylic acids is 1. The Hall–Kier alpha value is -3.56. The third-order valence-electron chi connectivity index (χ3n) is 6.27. The number of hydrogen-bond acceptors (Lipinski definition) is 5. The molecule has 4 aromatic rings. The van der Waals surface area contributed by atoms with E-state index in [0.717, 1.165) is 10.9 Å². The third kappa shape index (κ3) is 6.77. The minimum Gasteiger partial charge on any atom is -0.489 e. The first-order valence-corrected chi connectivity index (χ1v) is 14.2. The largest absolute Gasteiger partial charge is 0.489 e. The summed E-state index contributed by atoms with van der Waals surface area (Å²) >= 11 is 0. The van der Waals surface area contributed by atoms with Crippen LogP contribution in [0.1, 0.15) is 50.4 Å². The van der Waals surface area contributed by atoms with E-state index in [-0.39, 0.29) is 30.1 Å². The molecule has 0 bridgehead atoms. The molecule has 0 radical (unpaired) electrons. The maximum atomic E-state index is 16.0. The van der Waals surface area contributed by atoms with Gasteiger partial charge in [0.15, 0.2) is 0 Å². The average molecular weight is 570 g/mol. The summed E-state index contributed by atoms with van der Waals surface area (Å²) in [7, 11) is -1.60. The summed E-state index contributed by atoms with van der Waals surface area (Å²) in [6.45, 7) is 6.54. The maximum absolute atomic E-state index is 16.0. The molecule has 2 atom stereocenters. The van der Waals surface area contributed by atoms with Gasteiger partial charge in [0.25, 0.3) is 0 Å². The zero-order chi connectivity index (χ0) is 28.9. The smallest absolute Gasteiger partial charge is 0.310 e. The van der Waals surface area contributed by atoms with Crippen LogP contribution in [0.25, 0.3) is 22.1 Å². The highest BCUT2D eigenvalue weighted by Crippen LogP contribution is 2.36. The Kier molecular flexibility index (Phi) is 9.37. The van der Waals surface area contributed by atoms with Crippen LogP contribution in [0.3, 0.4) is 0 Å². The molecule has 1 aromatic heterocycles. The highest BCUT2D eigenvalue weighted by Gasteiger charge is 2.26. The minimum absolute atomic E-state index is 0.0758. The van der Waals surface area contributed by atoms with Crippen molar-refractivity contribution in [3.8, 4) is 16.9 Å². The van der Waals surface area contributed by atoms with Gasteiger partial charge in [-0.1, -0.05) is 36.4 Å². The number of esters is 1. The van der Waals surface area contributed by atoms with Gasteiger partial charge in [-0.15, -0.1) is 0 Å². The normalized spacial score (nSPS) is 13.2. The van der Waals surface area contributed by atoms with E-state index >= 15 is 4.39 Å². The molecule has 0 aliphatic rings. The van der Waals surface area contributed by atoms with Gasteiger partial charge < -0.3 is 13.9 Å². The van der Waals surface area contributed by atoms with Crippen LogP contribution in [-0.4, -0.2) is 28.2 Å². The first-order valence-electron chi connectivity index (χ1n) is 13.0. The molecule has 40 heavy (non-hydrogen) atoms. The predicted molar refractivity (Wildman–Crippen MR) is 152 cm³/mol. The number of nitrogens with one attached hydrogen (secondary N) is 1. The number of carbonyl (C=O) groups is 1. The molecule has 1 heterocycles. The van der Waals surface area contributed by atoms with Crippen molar-refractivity contribution >= 4 is 27.9 Å². The fourth-order valence-electron chi connectivity index (χ4n) is 4.26. The van der Waals surface area contributed by atoms with E-state index in [1.165, 1.54) is 12.3 Å². The molecular weight excluding hydrogens is 536 g/mol. The van der Waals surface area contributed by atoms with Crippen molar-refractivity contribution in [3.05, 3.63) is 89.4 Å². The highest BCUT2D eigenvalue weighted by molar-refractivity contribution is 7.84. The molecule has 1 unspecified atom stereocenters. The van der Waals surface area contributed by atoms with E-state index < -0.39 is 34.3 Å². The van der Waals surface area contributed by atoms with Crippen LogP contribution in [0.2, 0.25) is 0 Å². The standard InChI is InChI=1S/C31H33F2NO5S/c1-5-37-28(35)17-21-9-6-7-12-27(21)39-19-20-15-22-13-14-38-30(22)25(16-20)23-10-8-11-24(29(23)33)26(18-32)34-40(36)31(2,3)4/h6-16,26,34H,5,17-19H2,1-4H3/t26?,40-/m0/s1. The van der Waals surface area contributed by atoms with Crippen molar-refractivity contribution in [2.45, 2.75) is 51.5 Å². The number of alkyl halides is 1. The number of hydrogen-bond donors (Lipinski definition) is 1. The molecular formula is C31H33F2NO5S. The van der Waals surface area contributed by atoms with E-state index in [1.807, 2.05) is 18.2 Å². The second-order valence-electron chi connectivity index (χ2n) is 10.3. The summed E-state index contributed by atoms with van der Waals surface area (Å²) < 4.78 is 61.6. The fourth-order valence-corrected chi connectivity index (χ4v) is 5.06. The Balaban J connectivity index is 1.66. The van der Waals surface area contributed by atoms with Crippen LogP contribution < -0.4 is 9.46 Å². The average Bonchev–Trinajstić information content (AvgIpc) is 3.39. The lowest BCUT2D eigenvalue weighted by molar-refractivity contribution is -0.142. The number of halogens is 2. The molecule has 212 valence electrons. The fraction of sp³-hybridized carbons (Fsp3) is 0.323. The Morgan fingerprint density at radius 1 is 1.07 bits per heavy atom. The Morgan fingerprint density at radius 2 is 1.85 bits per heavy atom. The van der Waals surface area contributed by atoms with Gasteiger partial charge in [-0.3, -0.25) is 4.79 Å². The van der Waals surface area contributed by atoms with E-state index in [9.17, 15) is 13.4 Å². The van der Waals surface area contributed by atoms with Crippen molar-refractivity contribution in [1.82, 2.24) is 4.72 Å². The Labute approximate surface area is 235 Å². The van der Waals surface area contributed by atoms with Crippen molar-refractivity contribution in [2.24, 2.45) is 0 Å². The summed E-state index contributed by atoms with van der Waals surface area (Å²) in [5, 5.41) is 0.745. The Bertz CT molecular complexity index is 1510. The zero-order valence-electron chi connectivity index (χ0n) is 23.0. The van der Waals surface area contributed by atoms with Gasteiger partial charge in [0, 0.05) is 27.6 Å². The molecule has 0 aliphatic heterocycles. The number of rotatable bonds is 11. The van der Waals surface area contributed by atoms with E-state index in [2.05, 4.69) is 4.72 Å². The lowest BCUT2D eigenvalue weighted by Gasteiger charge is -2.23. The maximum Gasteiger partial charge on any atom is 0.310 e. The molecule has 4 rings (SSSR count). The molecule has 0 spiro atoms. The van der Waals surface area contributed by atoms with Crippen molar-refractivity contribution < 1.29 is 31.7 Å². The van der Waals surface area contributed by atoms with E-state index in [1.54, 1.807) is 64.1 Å². The van der Waals surface area contributed by atoms with Gasteiger partial charge in [0.2, 0.25) is 0 Å². The van der Waals surface area contributed by atoms with Crippen LogP contribution in [0.5, 0.6) is 5.75 Å². The van der Waals surface area contributed by atoms with Gasteiger partial charge in [-0.2, -0.15) is 0 Å². The summed E-state index contributed by atoms with van der Waals surface area (Å²) in [5.74, 6) is -0.427. The number of para-hydroxylation sites is 1. The lowest BCUT2D eigenvalue weighted by atomic mass is 9.96. The summed E-state index contributed by atoms with van der Waals surface area (Å²) in [4.78, 5) is 12.0. The van der Waals surface area contributed by atoms with Crippen LogP contribution in [0.15, 0.2) is 71.3 Å². The number of fused-ring (bicyclic) bond motifs is 1. The zero-order valence-corrected chi connectivity index (χ0v) is 23.8. The Morgan fingerprint density at radius 3 is 2.58 bits per heavy atom. The molecule has 0 aliphatic carbocycles. The van der Waals surface area contributed by atoms with Crippen molar-refractivity contribution in [2.75, 3.05) is 13.3 Å².